The molecule has 1 aromatic rings. The number of rotatable bonds is 4. The zero-order valence-corrected chi connectivity index (χ0v) is 11.8. The number of benzene rings is 1. The third-order valence-electron chi connectivity index (χ3n) is 4.09. The second-order valence-electron chi connectivity index (χ2n) is 5.64. The lowest BCUT2D eigenvalue weighted by molar-refractivity contribution is -0.182. The molecule has 0 aromatic heterocycles. The highest BCUT2D eigenvalue weighted by molar-refractivity contribution is 5.51. The molecule has 112 valence electrons. The molecule has 1 aliphatic carbocycles. The molecule has 1 N–H and O–H groups in total. The third kappa shape index (κ3) is 3.90. The highest BCUT2D eigenvalue weighted by Crippen LogP contribution is 2.38. The molecule has 0 heterocycles. The van der Waals surface area contributed by atoms with Crippen molar-refractivity contribution in [2.24, 2.45) is 5.92 Å². The van der Waals surface area contributed by atoms with Crippen LogP contribution >= 0.6 is 0 Å². The number of hydrogen-bond donors (Lipinski definition) is 1. The van der Waals surface area contributed by atoms with Gasteiger partial charge in [0.2, 0.25) is 0 Å². The summed E-state index contributed by atoms with van der Waals surface area (Å²) >= 11 is 0. The minimum absolute atomic E-state index is 0.173. The van der Waals surface area contributed by atoms with Crippen LogP contribution in [0, 0.1) is 5.92 Å². The van der Waals surface area contributed by atoms with E-state index in [1.807, 2.05) is 18.2 Å². The Bertz CT molecular complexity index is 420. The average molecular weight is 285 g/mol. The fourth-order valence-corrected chi connectivity index (χ4v) is 2.93. The van der Waals surface area contributed by atoms with Crippen molar-refractivity contribution in [2.45, 2.75) is 57.7 Å². The van der Waals surface area contributed by atoms with Gasteiger partial charge in [0.1, 0.15) is 0 Å². The van der Waals surface area contributed by atoms with Gasteiger partial charge in [-0.2, -0.15) is 13.2 Å². The van der Waals surface area contributed by atoms with Crippen LogP contribution in [0.4, 0.5) is 18.9 Å². The fraction of sp³-hybridized carbons (Fsp3) is 0.625. The molecule has 0 saturated heterocycles. The zero-order valence-electron chi connectivity index (χ0n) is 11.8. The SMILES string of the molecule is CCCc1ccccc1NC1CCC(C(F)(F)F)CC1. The van der Waals surface area contributed by atoms with Gasteiger partial charge >= 0.3 is 6.18 Å². The van der Waals surface area contributed by atoms with Crippen molar-refractivity contribution < 1.29 is 13.2 Å². The first kappa shape index (κ1) is 15.2. The summed E-state index contributed by atoms with van der Waals surface area (Å²) in [5.74, 6) is -1.11. The van der Waals surface area contributed by atoms with Crippen LogP contribution in [0.25, 0.3) is 0 Å². The molecule has 0 bridgehead atoms. The van der Waals surface area contributed by atoms with Crippen molar-refractivity contribution in [3.05, 3.63) is 29.8 Å². The lowest BCUT2D eigenvalue weighted by Gasteiger charge is -2.31. The maximum absolute atomic E-state index is 12.6. The van der Waals surface area contributed by atoms with E-state index in [4.69, 9.17) is 0 Å². The van der Waals surface area contributed by atoms with Crippen molar-refractivity contribution in [2.75, 3.05) is 5.32 Å². The molecule has 0 spiro atoms. The molecule has 0 atom stereocenters. The first-order valence-electron chi connectivity index (χ1n) is 7.42. The lowest BCUT2D eigenvalue weighted by atomic mass is 9.85. The number of aryl methyl sites for hydroxylation is 1. The van der Waals surface area contributed by atoms with Crippen molar-refractivity contribution in [1.82, 2.24) is 0 Å². The van der Waals surface area contributed by atoms with E-state index in [2.05, 4.69) is 18.3 Å². The summed E-state index contributed by atoms with van der Waals surface area (Å²) in [6.45, 7) is 2.13. The van der Waals surface area contributed by atoms with Gasteiger partial charge in [0.25, 0.3) is 0 Å². The molecule has 4 heteroatoms. The van der Waals surface area contributed by atoms with Crippen molar-refractivity contribution in [3.63, 3.8) is 0 Å². The summed E-state index contributed by atoms with van der Waals surface area (Å²) < 4.78 is 37.9. The molecule has 20 heavy (non-hydrogen) atoms. The Kier molecular flexibility index (Phi) is 4.95. The standard InChI is InChI=1S/C16H22F3N/c1-2-5-12-6-3-4-7-15(12)20-14-10-8-13(9-11-14)16(17,18)19/h3-4,6-7,13-14,20H,2,5,8-11H2,1H3. The van der Waals surface area contributed by atoms with Crippen LogP contribution in [0.3, 0.4) is 0 Å². The second-order valence-corrected chi connectivity index (χ2v) is 5.64. The van der Waals surface area contributed by atoms with Gasteiger partial charge in [0, 0.05) is 11.7 Å². The molecule has 1 fully saturated rings. The molecular weight excluding hydrogens is 263 g/mol. The van der Waals surface area contributed by atoms with Gasteiger partial charge < -0.3 is 5.32 Å². The second kappa shape index (κ2) is 6.51. The van der Waals surface area contributed by atoms with Crippen molar-refractivity contribution in [3.8, 4) is 0 Å². The normalized spacial score (nSPS) is 23.6. The summed E-state index contributed by atoms with van der Waals surface area (Å²) in [5, 5.41) is 3.44. The molecule has 2 rings (SSSR count). The lowest BCUT2D eigenvalue weighted by Crippen LogP contribution is -2.33. The Morgan fingerprint density at radius 1 is 1.10 bits per heavy atom. The van der Waals surface area contributed by atoms with E-state index in [1.54, 1.807) is 0 Å². The quantitative estimate of drug-likeness (QED) is 0.804. The summed E-state index contributed by atoms with van der Waals surface area (Å²) in [6, 6.07) is 8.28. The molecule has 1 aromatic carbocycles. The highest BCUT2D eigenvalue weighted by Gasteiger charge is 2.41. The molecule has 1 nitrogen and oxygen atoms in total. The molecule has 0 amide bonds. The minimum atomic E-state index is -4.02. The van der Waals surface area contributed by atoms with Gasteiger partial charge in [-0.1, -0.05) is 31.5 Å². The Balaban J connectivity index is 1.93. The summed E-state index contributed by atoms with van der Waals surface area (Å²) in [4.78, 5) is 0. The van der Waals surface area contributed by atoms with Gasteiger partial charge in [-0.3, -0.25) is 0 Å². The van der Waals surface area contributed by atoms with Gasteiger partial charge in [-0.15, -0.1) is 0 Å². The van der Waals surface area contributed by atoms with Crippen LogP contribution < -0.4 is 5.32 Å². The van der Waals surface area contributed by atoms with Crippen LogP contribution in [0.1, 0.15) is 44.6 Å². The number of alkyl halides is 3. The molecule has 0 unspecified atom stereocenters. The number of nitrogens with one attached hydrogen (secondary N) is 1. The van der Waals surface area contributed by atoms with E-state index in [0.29, 0.717) is 12.8 Å². The molecule has 0 aliphatic heterocycles. The molecule has 0 radical (unpaired) electrons. The maximum atomic E-state index is 12.6. The number of anilines is 1. The Labute approximate surface area is 118 Å². The number of hydrogen-bond acceptors (Lipinski definition) is 1. The van der Waals surface area contributed by atoms with Gasteiger partial charge in [0.15, 0.2) is 0 Å². The average Bonchev–Trinajstić information content (AvgIpc) is 2.41. The summed E-state index contributed by atoms with van der Waals surface area (Å²) in [6.07, 6.45) is -0.255. The molecular formula is C16H22F3N. The topological polar surface area (TPSA) is 12.0 Å². The summed E-state index contributed by atoms with van der Waals surface area (Å²) in [7, 11) is 0. The predicted molar refractivity (Wildman–Crippen MR) is 75.9 cm³/mol. The first-order chi connectivity index (χ1) is 9.50. The van der Waals surface area contributed by atoms with Gasteiger partial charge in [-0.25, -0.2) is 0 Å². The van der Waals surface area contributed by atoms with E-state index in [-0.39, 0.29) is 18.9 Å². The Morgan fingerprint density at radius 2 is 1.75 bits per heavy atom. The number of para-hydroxylation sites is 1. The monoisotopic (exact) mass is 285 g/mol. The number of halogens is 3. The van der Waals surface area contributed by atoms with E-state index in [0.717, 1.165) is 18.5 Å². The van der Waals surface area contributed by atoms with E-state index >= 15 is 0 Å². The smallest absolute Gasteiger partial charge is 0.382 e. The Hall–Kier alpha value is -1.19. The predicted octanol–water partition coefficient (Wildman–Crippen LogP) is 5.17. The summed E-state index contributed by atoms with van der Waals surface area (Å²) in [5.41, 5.74) is 2.35. The first-order valence-corrected chi connectivity index (χ1v) is 7.42. The van der Waals surface area contributed by atoms with Gasteiger partial charge in [0.05, 0.1) is 5.92 Å². The van der Waals surface area contributed by atoms with Gasteiger partial charge in [-0.05, 0) is 43.7 Å². The van der Waals surface area contributed by atoms with E-state index in [1.165, 1.54) is 5.56 Å². The van der Waals surface area contributed by atoms with Crippen molar-refractivity contribution in [1.29, 1.82) is 0 Å². The highest BCUT2D eigenvalue weighted by atomic mass is 19.4. The van der Waals surface area contributed by atoms with Crippen molar-refractivity contribution >= 4 is 5.69 Å². The molecule has 1 aliphatic rings. The molecule has 1 saturated carbocycles. The van der Waals surface area contributed by atoms with Crippen LogP contribution in [0.5, 0.6) is 0 Å². The van der Waals surface area contributed by atoms with Crippen LogP contribution in [-0.4, -0.2) is 12.2 Å². The van der Waals surface area contributed by atoms with Crippen LogP contribution in [-0.2, 0) is 6.42 Å². The Morgan fingerprint density at radius 3 is 2.35 bits per heavy atom. The van der Waals surface area contributed by atoms with E-state index < -0.39 is 12.1 Å². The zero-order chi connectivity index (χ0) is 14.6. The maximum Gasteiger partial charge on any atom is 0.391 e. The van der Waals surface area contributed by atoms with Crippen LogP contribution in [0.15, 0.2) is 24.3 Å². The largest absolute Gasteiger partial charge is 0.391 e. The third-order valence-corrected chi connectivity index (χ3v) is 4.09. The van der Waals surface area contributed by atoms with Crippen LogP contribution in [0.2, 0.25) is 0 Å². The fourth-order valence-electron chi connectivity index (χ4n) is 2.93. The van der Waals surface area contributed by atoms with E-state index in [9.17, 15) is 13.2 Å². The minimum Gasteiger partial charge on any atom is -0.382 e.